The third kappa shape index (κ3) is 4.35. The van der Waals surface area contributed by atoms with Crippen molar-refractivity contribution in [2.45, 2.75) is 26.8 Å². The molecular formula is C22H28N3O4+. The molecule has 0 radical (unpaired) electrons. The van der Waals surface area contributed by atoms with Crippen molar-refractivity contribution < 1.29 is 23.6 Å². The van der Waals surface area contributed by atoms with Gasteiger partial charge in [-0.1, -0.05) is 18.2 Å². The number of hydrogen-bond donors (Lipinski definition) is 3. The van der Waals surface area contributed by atoms with Crippen molar-refractivity contribution in [3.8, 4) is 5.75 Å². The molecule has 0 fully saturated rings. The van der Waals surface area contributed by atoms with Gasteiger partial charge in [0.15, 0.2) is 12.6 Å². The predicted octanol–water partition coefficient (Wildman–Crippen LogP) is 1.96. The Labute approximate surface area is 170 Å². The van der Waals surface area contributed by atoms with Crippen molar-refractivity contribution in [2.75, 3.05) is 32.1 Å². The lowest BCUT2D eigenvalue weighted by Crippen LogP contribution is -3.17. The largest absolute Gasteiger partial charge is 0.495 e. The van der Waals surface area contributed by atoms with E-state index in [2.05, 4.69) is 10.6 Å². The first-order chi connectivity index (χ1) is 14.0. The molecule has 0 spiro atoms. The summed E-state index contributed by atoms with van der Waals surface area (Å²) in [5, 5.41) is 7.65. The first-order valence-electron chi connectivity index (χ1n) is 9.89. The van der Waals surface area contributed by atoms with Crippen LogP contribution in [0.25, 0.3) is 21.9 Å². The standard InChI is InChI=1S/C22H27N3O4/c1-5-23-21(26)13-25(6-2)14(3)22(27)24-17-12-19-16(11-20(17)28-4)15-9-7-8-10-18(15)29-19/h7-12,14H,5-6,13H2,1-4H3,(H,23,26)(H,24,27)/p+1/t14-/m0/s1. The third-order valence-corrected chi connectivity index (χ3v) is 5.18. The van der Waals surface area contributed by atoms with E-state index >= 15 is 0 Å². The molecule has 3 rings (SSSR count). The number of carbonyl (C=O) groups excluding carboxylic acids is 2. The number of methoxy groups -OCH3 is 1. The molecule has 0 aliphatic rings. The number of para-hydroxylation sites is 1. The zero-order valence-electron chi connectivity index (χ0n) is 17.3. The van der Waals surface area contributed by atoms with Gasteiger partial charge in [0.1, 0.15) is 16.9 Å². The highest BCUT2D eigenvalue weighted by atomic mass is 16.5. The molecule has 0 saturated heterocycles. The number of ether oxygens (including phenoxy) is 1. The molecule has 1 aromatic heterocycles. The molecule has 1 unspecified atom stereocenters. The Morgan fingerprint density at radius 3 is 2.59 bits per heavy atom. The van der Waals surface area contributed by atoms with E-state index in [0.29, 0.717) is 30.1 Å². The van der Waals surface area contributed by atoms with E-state index in [1.165, 1.54) is 0 Å². The summed E-state index contributed by atoms with van der Waals surface area (Å²) in [5.74, 6) is 0.316. The van der Waals surface area contributed by atoms with Gasteiger partial charge in [0.25, 0.3) is 11.8 Å². The van der Waals surface area contributed by atoms with Gasteiger partial charge in [-0.2, -0.15) is 0 Å². The van der Waals surface area contributed by atoms with Crippen LogP contribution in [0.3, 0.4) is 0 Å². The van der Waals surface area contributed by atoms with Crippen molar-refractivity contribution in [3.63, 3.8) is 0 Å². The van der Waals surface area contributed by atoms with Gasteiger partial charge in [-0.15, -0.1) is 0 Å². The number of hydrogen-bond acceptors (Lipinski definition) is 4. The molecular weight excluding hydrogens is 370 g/mol. The van der Waals surface area contributed by atoms with Crippen LogP contribution in [0.2, 0.25) is 0 Å². The van der Waals surface area contributed by atoms with Crippen LogP contribution in [0, 0.1) is 0 Å². The van der Waals surface area contributed by atoms with Gasteiger partial charge in [-0.25, -0.2) is 0 Å². The van der Waals surface area contributed by atoms with E-state index in [-0.39, 0.29) is 18.4 Å². The maximum absolute atomic E-state index is 12.9. The summed E-state index contributed by atoms with van der Waals surface area (Å²) in [6, 6.07) is 11.0. The Hall–Kier alpha value is -3.06. The van der Waals surface area contributed by atoms with Crippen molar-refractivity contribution >= 4 is 39.4 Å². The van der Waals surface area contributed by atoms with Gasteiger partial charge in [0, 0.05) is 23.4 Å². The van der Waals surface area contributed by atoms with Crippen LogP contribution < -0.4 is 20.3 Å². The van der Waals surface area contributed by atoms with E-state index in [0.717, 1.165) is 21.3 Å². The Kier molecular flexibility index (Phi) is 6.39. The molecule has 2 aromatic carbocycles. The number of nitrogens with one attached hydrogen (secondary N) is 3. The smallest absolute Gasteiger partial charge is 0.282 e. The molecule has 0 aliphatic carbocycles. The second kappa shape index (κ2) is 8.96. The van der Waals surface area contributed by atoms with E-state index < -0.39 is 6.04 Å². The molecule has 1 heterocycles. The summed E-state index contributed by atoms with van der Waals surface area (Å²) in [7, 11) is 1.57. The minimum Gasteiger partial charge on any atom is -0.495 e. The summed E-state index contributed by atoms with van der Waals surface area (Å²) < 4.78 is 11.4. The monoisotopic (exact) mass is 398 g/mol. The predicted molar refractivity (Wildman–Crippen MR) is 113 cm³/mol. The molecule has 3 aromatic rings. The normalized spacial score (nSPS) is 13.2. The van der Waals surface area contributed by atoms with Gasteiger partial charge in [0.2, 0.25) is 0 Å². The first kappa shape index (κ1) is 20.7. The Morgan fingerprint density at radius 1 is 1.14 bits per heavy atom. The number of anilines is 1. The molecule has 29 heavy (non-hydrogen) atoms. The topological polar surface area (TPSA) is 85.0 Å². The number of rotatable bonds is 8. The number of quaternary nitrogens is 1. The summed E-state index contributed by atoms with van der Waals surface area (Å²) >= 11 is 0. The van der Waals surface area contributed by atoms with E-state index in [9.17, 15) is 9.59 Å². The summed E-state index contributed by atoms with van der Waals surface area (Å²) in [4.78, 5) is 25.7. The van der Waals surface area contributed by atoms with Crippen molar-refractivity contribution in [3.05, 3.63) is 36.4 Å². The van der Waals surface area contributed by atoms with Gasteiger partial charge in [-0.3, -0.25) is 9.59 Å². The maximum Gasteiger partial charge on any atom is 0.282 e. The van der Waals surface area contributed by atoms with Crippen LogP contribution in [-0.2, 0) is 9.59 Å². The minimum absolute atomic E-state index is 0.0646. The van der Waals surface area contributed by atoms with Gasteiger partial charge in [-0.05, 0) is 32.9 Å². The average Bonchev–Trinajstić information content (AvgIpc) is 3.08. The molecule has 0 saturated carbocycles. The number of amides is 2. The van der Waals surface area contributed by atoms with Crippen LogP contribution >= 0.6 is 0 Å². The van der Waals surface area contributed by atoms with Crippen LogP contribution in [0.1, 0.15) is 20.8 Å². The van der Waals surface area contributed by atoms with Gasteiger partial charge < -0.3 is 24.7 Å². The molecule has 0 aliphatic heterocycles. The maximum atomic E-state index is 12.9. The fourth-order valence-electron chi connectivity index (χ4n) is 3.49. The molecule has 7 heteroatoms. The van der Waals surface area contributed by atoms with Crippen molar-refractivity contribution in [1.29, 1.82) is 0 Å². The third-order valence-electron chi connectivity index (χ3n) is 5.18. The number of carbonyl (C=O) groups is 2. The van der Waals surface area contributed by atoms with Crippen LogP contribution in [0.4, 0.5) is 5.69 Å². The number of benzene rings is 2. The fraction of sp³-hybridized carbons (Fsp3) is 0.364. The molecule has 3 N–H and O–H groups in total. The molecule has 2 amide bonds. The lowest BCUT2D eigenvalue weighted by molar-refractivity contribution is -0.904. The Bertz CT molecular complexity index is 1030. The van der Waals surface area contributed by atoms with E-state index in [1.54, 1.807) is 13.2 Å². The number of likely N-dealkylation sites (N-methyl/N-ethyl adjacent to an activating group) is 2. The highest BCUT2D eigenvalue weighted by molar-refractivity contribution is 6.08. The SMILES string of the molecule is CCNC(=O)C[NH+](CC)[C@@H](C)C(=O)Nc1cc2oc3ccccc3c2cc1OC. The highest BCUT2D eigenvalue weighted by Crippen LogP contribution is 2.36. The molecule has 154 valence electrons. The van der Waals surface area contributed by atoms with Crippen molar-refractivity contribution in [1.82, 2.24) is 5.32 Å². The Balaban J connectivity index is 1.85. The Morgan fingerprint density at radius 2 is 1.90 bits per heavy atom. The quantitative estimate of drug-likeness (QED) is 0.542. The molecule has 7 nitrogen and oxygen atoms in total. The van der Waals surface area contributed by atoms with Crippen LogP contribution in [0.15, 0.2) is 40.8 Å². The number of furan rings is 1. The summed E-state index contributed by atoms with van der Waals surface area (Å²) in [6.07, 6.45) is 0. The van der Waals surface area contributed by atoms with E-state index in [4.69, 9.17) is 9.15 Å². The second-order valence-electron chi connectivity index (χ2n) is 7.00. The number of fused-ring (bicyclic) bond motifs is 3. The summed E-state index contributed by atoms with van der Waals surface area (Å²) in [6.45, 7) is 7.13. The van der Waals surface area contributed by atoms with Gasteiger partial charge >= 0.3 is 0 Å². The highest BCUT2D eigenvalue weighted by Gasteiger charge is 2.27. The van der Waals surface area contributed by atoms with E-state index in [1.807, 2.05) is 51.1 Å². The van der Waals surface area contributed by atoms with Gasteiger partial charge in [0.05, 0.1) is 19.3 Å². The minimum atomic E-state index is -0.404. The lowest BCUT2D eigenvalue weighted by Gasteiger charge is -2.23. The zero-order chi connectivity index (χ0) is 21.0. The average molecular weight is 398 g/mol. The molecule has 2 atom stereocenters. The van der Waals surface area contributed by atoms with Crippen molar-refractivity contribution in [2.24, 2.45) is 0 Å². The van der Waals surface area contributed by atoms with Crippen LogP contribution in [-0.4, -0.2) is 44.6 Å². The molecule has 0 bridgehead atoms. The fourth-order valence-corrected chi connectivity index (χ4v) is 3.49. The van der Waals surface area contributed by atoms with Crippen LogP contribution in [0.5, 0.6) is 5.75 Å². The lowest BCUT2D eigenvalue weighted by atomic mass is 10.1. The second-order valence-corrected chi connectivity index (χ2v) is 7.00. The first-order valence-corrected chi connectivity index (χ1v) is 9.89. The summed E-state index contributed by atoms with van der Waals surface area (Å²) in [5.41, 5.74) is 2.01. The zero-order valence-corrected chi connectivity index (χ0v) is 17.3.